The van der Waals surface area contributed by atoms with Gasteiger partial charge in [0.2, 0.25) is 5.91 Å². The molecule has 1 saturated heterocycles. The molecule has 4 nitrogen and oxygen atoms in total. The second kappa shape index (κ2) is 6.96. The highest BCUT2D eigenvalue weighted by molar-refractivity contribution is 5.96. The Balaban J connectivity index is 1.60. The minimum atomic E-state index is -0.937. The lowest BCUT2D eigenvalue weighted by Gasteiger charge is -2.17. The van der Waals surface area contributed by atoms with Crippen LogP contribution in [0.5, 0.6) is 0 Å². The van der Waals surface area contributed by atoms with E-state index in [1.807, 2.05) is 0 Å². The van der Waals surface area contributed by atoms with Gasteiger partial charge in [0.05, 0.1) is 5.56 Å². The first-order valence-corrected chi connectivity index (χ1v) is 7.73. The molecule has 7 heteroatoms. The van der Waals surface area contributed by atoms with Crippen LogP contribution in [0, 0.1) is 23.4 Å². The third kappa shape index (κ3) is 3.81. The van der Waals surface area contributed by atoms with Gasteiger partial charge in [0.1, 0.15) is 17.5 Å². The number of benzene rings is 2. The van der Waals surface area contributed by atoms with Gasteiger partial charge in [-0.25, -0.2) is 13.2 Å². The number of hydrogen-bond donors (Lipinski definition) is 1. The number of halogens is 3. The van der Waals surface area contributed by atoms with Gasteiger partial charge in [0.25, 0.3) is 5.91 Å². The van der Waals surface area contributed by atoms with Crippen molar-refractivity contribution in [3.63, 3.8) is 0 Å². The Hall–Kier alpha value is -2.83. The van der Waals surface area contributed by atoms with E-state index in [-0.39, 0.29) is 36.2 Å². The first kappa shape index (κ1) is 17.0. The number of rotatable bonds is 4. The Morgan fingerprint density at radius 1 is 1.08 bits per heavy atom. The SMILES string of the molecule is O=C(NCC1CC(=O)N(c2ccc(F)cc2)C1)c1ccc(F)cc1F. The van der Waals surface area contributed by atoms with Crippen LogP contribution < -0.4 is 10.2 Å². The van der Waals surface area contributed by atoms with Crippen LogP contribution in [0.25, 0.3) is 0 Å². The summed E-state index contributed by atoms with van der Waals surface area (Å²) in [6.45, 7) is 0.551. The highest BCUT2D eigenvalue weighted by Gasteiger charge is 2.31. The molecule has 25 heavy (non-hydrogen) atoms. The van der Waals surface area contributed by atoms with Gasteiger partial charge in [-0.3, -0.25) is 9.59 Å². The summed E-state index contributed by atoms with van der Waals surface area (Å²) in [7, 11) is 0. The van der Waals surface area contributed by atoms with E-state index in [4.69, 9.17) is 0 Å². The third-order valence-electron chi connectivity index (χ3n) is 4.07. The molecule has 0 aliphatic carbocycles. The van der Waals surface area contributed by atoms with Crippen molar-refractivity contribution in [1.82, 2.24) is 5.32 Å². The fourth-order valence-corrected chi connectivity index (χ4v) is 2.79. The Labute approximate surface area is 142 Å². The first-order valence-electron chi connectivity index (χ1n) is 7.73. The van der Waals surface area contributed by atoms with Crippen LogP contribution in [0.4, 0.5) is 18.9 Å². The van der Waals surface area contributed by atoms with E-state index in [1.165, 1.54) is 29.2 Å². The van der Waals surface area contributed by atoms with Crippen molar-refractivity contribution in [1.29, 1.82) is 0 Å². The third-order valence-corrected chi connectivity index (χ3v) is 4.07. The maximum absolute atomic E-state index is 13.6. The van der Waals surface area contributed by atoms with Gasteiger partial charge in [-0.05, 0) is 36.4 Å². The number of carbonyl (C=O) groups excluding carboxylic acids is 2. The summed E-state index contributed by atoms with van der Waals surface area (Å²) in [6, 6.07) is 8.30. The highest BCUT2D eigenvalue weighted by Crippen LogP contribution is 2.25. The minimum Gasteiger partial charge on any atom is -0.352 e. The largest absolute Gasteiger partial charge is 0.352 e. The predicted molar refractivity (Wildman–Crippen MR) is 85.6 cm³/mol. The highest BCUT2D eigenvalue weighted by atomic mass is 19.1. The zero-order chi connectivity index (χ0) is 18.0. The Kier molecular flexibility index (Phi) is 4.74. The Morgan fingerprint density at radius 2 is 1.76 bits per heavy atom. The van der Waals surface area contributed by atoms with E-state index in [0.29, 0.717) is 18.3 Å². The molecule has 0 saturated carbocycles. The quantitative estimate of drug-likeness (QED) is 0.924. The van der Waals surface area contributed by atoms with Gasteiger partial charge in [0, 0.05) is 37.2 Å². The number of carbonyl (C=O) groups is 2. The van der Waals surface area contributed by atoms with Crippen LogP contribution >= 0.6 is 0 Å². The molecule has 1 atom stereocenters. The molecule has 1 aliphatic heterocycles. The summed E-state index contributed by atoms with van der Waals surface area (Å²) >= 11 is 0. The summed E-state index contributed by atoms with van der Waals surface area (Å²) in [5, 5.41) is 2.56. The van der Waals surface area contributed by atoms with Crippen molar-refractivity contribution in [2.45, 2.75) is 6.42 Å². The molecule has 2 amide bonds. The molecule has 2 aromatic carbocycles. The second-order valence-electron chi connectivity index (χ2n) is 5.89. The van der Waals surface area contributed by atoms with Crippen molar-refractivity contribution in [3.8, 4) is 0 Å². The molecule has 1 N–H and O–H groups in total. The molecule has 0 spiro atoms. The van der Waals surface area contributed by atoms with Gasteiger partial charge in [0.15, 0.2) is 0 Å². The van der Waals surface area contributed by atoms with Gasteiger partial charge in [-0.1, -0.05) is 0 Å². The topological polar surface area (TPSA) is 49.4 Å². The smallest absolute Gasteiger partial charge is 0.254 e. The van der Waals surface area contributed by atoms with Crippen molar-refractivity contribution in [2.75, 3.05) is 18.0 Å². The van der Waals surface area contributed by atoms with E-state index >= 15 is 0 Å². The number of nitrogens with one attached hydrogen (secondary N) is 1. The molecular weight excluding hydrogens is 333 g/mol. The van der Waals surface area contributed by atoms with Crippen molar-refractivity contribution >= 4 is 17.5 Å². The summed E-state index contributed by atoms with van der Waals surface area (Å²) < 4.78 is 39.4. The van der Waals surface area contributed by atoms with Gasteiger partial charge >= 0.3 is 0 Å². The maximum Gasteiger partial charge on any atom is 0.254 e. The first-order chi connectivity index (χ1) is 11.9. The summed E-state index contributed by atoms with van der Waals surface area (Å²) in [4.78, 5) is 25.6. The van der Waals surface area contributed by atoms with Crippen molar-refractivity contribution < 1.29 is 22.8 Å². The number of anilines is 1. The summed E-state index contributed by atoms with van der Waals surface area (Å²) in [5.74, 6) is -3.02. The van der Waals surface area contributed by atoms with Crippen molar-refractivity contribution in [3.05, 3.63) is 65.5 Å². The van der Waals surface area contributed by atoms with Crippen LogP contribution in [0.1, 0.15) is 16.8 Å². The van der Waals surface area contributed by atoms with E-state index in [0.717, 1.165) is 12.1 Å². The van der Waals surface area contributed by atoms with Crippen LogP contribution in [-0.2, 0) is 4.79 Å². The van der Waals surface area contributed by atoms with Crippen LogP contribution in [0.2, 0.25) is 0 Å². The molecule has 0 bridgehead atoms. The lowest BCUT2D eigenvalue weighted by molar-refractivity contribution is -0.117. The monoisotopic (exact) mass is 348 g/mol. The zero-order valence-corrected chi connectivity index (χ0v) is 13.1. The van der Waals surface area contributed by atoms with Gasteiger partial charge < -0.3 is 10.2 Å². The fourth-order valence-electron chi connectivity index (χ4n) is 2.79. The average molecular weight is 348 g/mol. The maximum atomic E-state index is 13.6. The fraction of sp³-hybridized carbons (Fsp3) is 0.222. The molecule has 3 rings (SSSR count). The van der Waals surface area contributed by atoms with E-state index in [2.05, 4.69) is 5.32 Å². The molecule has 1 fully saturated rings. The summed E-state index contributed by atoms with van der Waals surface area (Å²) in [6.07, 6.45) is 0.226. The van der Waals surface area contributed by atoms with E-state index < -0.39 is 17.5 Å². The molecule has 1 heterocycles. The normalized spacial score (nSPS) is 17.0. The lowest BCUT2D eigenvalue weighted by Crippen LogP contribution is -2.31. The molecular formula is C18H15F3N2O2. The van der Waals surface area contributed by atoms with Gasteiger partial charge in [-0.2, -0.15) is 0 Å². The van der Waals surface area contributed by atoms with Crippen molar-refractivity contribution in [2.24, 2.45) is 5.92 Å². The number of nitrogens with zero attached hydrogens (tertiary/aromatic N) is 1. The molecule has 2 aromatic rings. The molecule has 130 valence electrons. The molecule has 0 radical (unpaired) electrons. The molecule has 1 unspecified atom stereocenters. The minimum absolute atomic E-state index is 0.126. The Bertz CT molecular complexity index is 808. The number of amides is 2. The zero-order valence-electron chi connectivity index (χ0n) is 13.1. The van der Waals surface area contributed by atoms with E-state index in [9.17, 15) is 22.8 Å². The Morgan fingerprint density at radius 3 is 2.44 bits per heavy atom. The van der Waals surface area contributed by atoms with Crippen LogP contribution in [0.15, 0.2) is 42.5 Å². The number of hydrogen-bond acceptors (Lipinski definition) is 2. The van der Waals surface area contributed by atoms with Crippen LogP contribution in [0.3, 0.4) is 0 Å². The van der Waals surface area contributed by atoms with Gasteiger partial charge in [-0.15, -0.1) is 0 Å². The van der Waals surface area contributed by atoms with E-state index in [1.54, 1.807) is 0 Å². The standard InChI is InChI=1S/C18H15F3N2O2/c19-12-1-4-14(5-2-12)23-10-11(7-17(23)24)9-22-18(25)15-6-3-13(20)8-16(15)21/h1-6,8,11H,7,9-10H2,(H,22,25). The second-order valence-corrected chi connectivity index (χ2v) is 5.89. The van der Waals surface area contributed by atoms with Crippen LogP contribution in [-0.4, -0.2) is 24.9 Å². The molecule has 0 aromatic heterocycles. The molecule has 1 aliphatic rings. The lowest BCUT2D eigenvalue weighted by atomic mass is 10.1. The average Bonchev–Trinajstić information content (AvgIpc) is 2.94. The predicted octanol–water partition coefficient (Wildman–Crippen LogP) is 2.89. The summed E-state index contributed by atoms with van der Waals surface area (Å²) in [5.41, 5.74) is 0.339.